The van der Waals surface area contributed by atoms with Gasteiger partial charge in [0.15, 0.2) is 0 Å². The van der Waals surface area contributed by atoms with E-state index in [9.17, 15) is 8.42 Å². The van der Waals surface area contributed by atoms with Gasteiger partial charge in [-0.05, 0) is 43.0 Å². The van der Waals surface area contributed by atoms with E-state index < -0.39 is 10.0 Å². The molecule has 20 heavy (non-hydrogen) atoms. The van der Waals surface area contributed by atoms with Crippen LogP contribution in [0, 0.1) is 0 Å². The molecule has 112 valence electrons. The summed E-state index contributed by atoms with van der Waals surface area (Å²) in [6.45, 7) is 3.27. The van der Waals surface area contributed by atoms with Crippen LogP contribution in [0.2, 0.25) is 0 Å². The van der Waals surface area contributed by atoms with Crippen LogP contribution >= 0.6 is 0 Å². The summed E-state index contributed by atoms with van der Waals surface area (Å²) in [6.07, 6.45) is 4.91. The summed E-state index contributed by atoms with van der Waals surface area (Å²) in [7, 11) is -1.76. The maximum atomic E-state index is 12.7. The van der Waals surface area contributed by atoms with Crippen LogP contribution < -0.4 is 4.74 Å². The van der Waals surface area contributed by atoms with Crippen LogP contribution in [0.15, 0.2) is 23.1 Å². The van der Waals surface area contributed by atoms with Crippen molar-refractivity contribution in [1.29, 1.82) is 0 Å². The van der Waals surface area contributed by atoms with Crippen LogP contribution in [0.5, 0.6) is 5.75 Å². The molecule has 4 nitrogen and oxygen atoms in total. The third kappa shape index (κ3) is 3.15. The topological polar surface area (TPSA) is 46.6 Å². The van der Waals surface area contributed by atoms with E-state index in [4.69, 9.17) is 4.74 Å². The monoisotopic (exact) mass is 297 g/mol. The van der Waals surface area contributed by atoms with Crippen LogP contribution in [-0.4, -0.2) is 32.9 Å². The van der Waals surface area contributed by atoms with Crippen LogP contribution in [0.1, 0.15) is 38.2 Å². The van der Waals surface area contributed by atoms with Gasteiger partial charge in [0.25, 0.3) is 0 Å². The third-order valence-electron chi connectivity index (χ3n) is 3.84. The Morgan fingerprint density at radius 2 is 1.80 bits per heavy atom. The molecule has 0 radical (unpaired) electrons. The average Bonchev–Trinajstić information content (AvgIpc) is 2.76. The van der Waals surface area contributed by atoms with Crippen molar-refractivity contribution in [2.45, 2.75) is 43.9 Å². The first-order chi connectivity index (χ1) is 9.59. The molecule has 0 aliphatic carbocycles. The summed E-state index contributed by atoms with van der Waals surface area (Å²) in [5.74, 6) is 0.752. The van der Waals surface area contributed by atoms with Gasteiger partial charge in [-0.25, -0.2) is 8.42 Å². The van der Waals surface area contributed by atoms with Gasteiger partial charge in [-0.3, -0.25) is 0 Å². The highest BCUT2D eigenvalue weighted by Crippen LogP contribution is 2.26. The zero-order chi connectivity index (χ0) is 14.6. The molecule has 5 heteroatoms. The highest BCUT2D eigenvalue weighted by atomic mass is 32.2. The zero-order valence-corrected chi connectivity index (χ0v) is 13.1. The molecule has 1 fully saturated rings. The fraction of sp³-hybridized carbons (Fsp3) is 0.600. The molecule has 1 heterocycles. The number of hydrogen-bond acceptors (Lipinski definition) is 3. The average molecular weight is 297 g/mol. The van der Waals surface area contributed by atoms with Crippen molar-refractivity contribution < 1.29 is 13.2 Å². The van der Waals surface area contributed by atoms with Gasteiger partial charge in [-0.1, -0.05) is 19.8 Å². The predicted molar refractivity (Wildman–Crippen MR) is 79.6 cm³/mol. The Morgan fingerprint density at radius 3 is 2.35 bits per heavy atom. The van der Waals surface area contributed by atoms with Crippen LogP contribution in [0.4, 0.5) is 0 Å². The molecule has 1 aromatic rings. The number of hydrogen-bond donors (Lipinski definition) is 0. The fourth-order valence-electron chi connectivity index (χ4n) is 2.62. The lowest BCUT2D eigenvalue weighted by Crippen LogP contribution is -2.32. The lowest BCUT2D eigenvalue weighted by molar-refractivity contribution is 0.408. The van der Waals surface area contributed by atoms with E-state index in [2.05, 4.69) is 0 Å². The number of nitrogens with zero attached hydrogens (tertiary/aromatic N) is 1. The van der Waals surface area contributed by atoms with Gasteiger partial charge >= 0.3 is 0 Å². The molecule has 1 saturated heterocycles. The fourth-order valence-corrected chi connectivity index (χ4v) is 4.19. The number of benzene rings is 1. The normalized spacial score (nSPS) is 17.7. The number of sulfonamides is 1. The molecule has 1 aliphatic heterocycles. The minimum Gasteiger partial charge on any atom is -0.496 e. The molecule has 1 aromatic carbocycles. The predicted octanol–water partition coefficient (Wildman–Crippen LogP) is 2.82. The largest absolute Gasteiger partial charge is 0.496 e. The molecule has 0 aromatic heterocycles. The maximum Gasteiger partial charge on any atom is 0.243 e. The first kappa shape index (κ1) is 15.3. The van der Waals surface area contributed by atoms with E-state index in [1.165, 1.54) is 0 Å². The van der Waals surface area contributed by atoms with Crippen molar-refractivity contribution in [2.75, 3.05) is 20.2 Å². The SMILES string of the molecule is CCc1cc(S(=O)(=O)N2CCCCCC2)ccc1OC. The molecule has 0 spiro atoms. The Hall–Kier alpha value is -1.07. The number of methoxy groups -OCH3 is 1. The molecule has 2 rings (SSSR count). The van der Waals surface area contributed by atoms with Crippen LogP contribution in [0.25, 0.3) is 0 Å². The lowest BCUT2D eigenvalue weighted by Gasteiger charge is -2.20. The first-order valence-corrected chi connectivity index (χ1v) is 8.70. The van der Waals surface area contributed by atoms with Gasteiger partial charge < -0.3 is 4.74 Å². The summed E-state index contributed by atoms with van der Waals surface area (Å²) in [5, 5.41) is 0. The van der Waals surface area contributed by atoms with Gasteiger partial charge in [-0.2, -0.15) is 4.31 Å². The van der Waals surface area contributed by atoms with Gasteiger partial charge in [0.1, 0.15) is 5.75 Å². The van der Waals surface area contributed by atoms with E-state index in [-0.39, 0.29) is 0 Å². The van der Waals surface area contributed by atoms with Crippen LogP contribution in [0.3, 0.4) is 0 Å². The van der Waals surface area contributed by atoms with Crippen molar-refractivity contribution in [3.05, 3.63) is 23.8 Å². The molecular formula is C15H23NO3S. The Kier molecular flexibility index (Phi) is 5.05. The molecule has 0 N–H and O–H groups in total. The summed E-state index contributed by atoms with van der Waals surface area (Å²) in [6, 6.07) is 5.15. The summed E-state index contributed by atoms with van der Waals surface area (Å²) >= 11 is 0. The standard InChI is InChI=1S/C15H23NO3S/c1-3-13-12-14(8-9-15(13)19-2)20(17,18)16-10-6-4-5-7-11-16/h8-9,12H,3-7,10-11H2,1-2H3. The second kappa shape index (κ2) is 6.59. The lowest BCUT2D eigenvalue weighted by atomic mass is 10.1. The minimum absolute atomic E-state index is 0.386. The van der Waals surface area contributed by atoms with Crippen molar-refractivity contribution in [2.24, 2.45) is 0 Å². The highest BCUT2D eigenvalue weighted by molar-refractivity contribution is 7.89. The molecule has 0 atom stereocenters. The summed E-state index contributed by atoms with van der Waals surface area (Å²) in [5.41, 5.74) is 0.934. The number of rotatable bonds is 4. The number of aryl methyl sites for hydroxylation is 1. The Morgan fingerprint density at radius 1 is 1.15 bits per heavy atom. The minimum atomic E-state index is -3.37. The van der Waals surface area contributed by atoms with Crippen molar-refractivity contribution in [1.82, 2.24) is 4.31 Å². The van der Waals surface area contributed by atoms with Gasteiger partial charge in [0, 0.05) is 13.1 Å². The maximum absolute atomic E-state index is 12.7. The van der Waals surface area contributed by atoms with Gasteiger partial charge in [0.2, 0.25) is 10.0 Å². The highest BCUT2D eigenvalue weighted by Gasteiger charge is 2.25. The smallest absolute Gasteiger partial charge is 0.243 e. The van der Waals surface area contributed by atoms with Crippen LogP contribution in [-0.2, 0) is 16.4 Å². The van der Waals surface area contributed by atoms with E-state index in [0.717, 1.165) is 43.4 Å². The third-order valence-corrected chi connectivity index (χ3v) is 5.73. The van der Waals surface area contributed by atoms with E-state index in [1.807, 2.05) is 6.92 Å². The molecule has 0 bridgehead atoms. The van der Waals surface area contributed by atoms with Gasteiger partial charge in [0.05, 0.1) is 12.0 Å². The summed E-state index contributed by atoms with van der Waals surface area (Å²) in [4.78, 5) is 0.386. The first-order valence-electron chi connectivity index (χ1n) is 7.26. The second-order valence-electron chi connectivity index (χ2n) is 5.15. The van der Waals surface area contributed by atoms with E-state index >= 15 is 0 Å². The van der Waals surface area contributed by atoms with Crippen molar-refractivity contribution in [3.63, 3.8) is 0 Å². The quantitative estimate of drug-likeness (QED) is 0.858. The van der Waals surface area contributed by atoms with Crippen molar-refractivity contribution >= 4 is 10.0 Å². The summed E-state index contributed by atoms with van der Waals surface area (Å²) < 4.78 is 32.3. The molecule has 1 aliphatic rings. The molecule has 0 unspecified atom stereocenters. The Balaban J connectivity index is 2.33. The number of ether oxygens (including phenoxy) is 1. The molecule has 0 amide bonds. The van der Waals surface area contributed by atoms with Crippen molar-refractivity contribution in [3.8, 4) is 5.75 Å². The Bertz CT molecular complexity index is 546. The molecular weight excluding hydrogens is 274 g/mol. The second-order valence-corrected chi connectivity index (χ2v) is 7.08. The van der Waals surface area contributed by atoms with E-state index in [0.29, 0.717) is 18.0 Å². The zero-order valence-electron chi connectivity index (χ0n) is 12.3. The van der Waals surface area contributed by atoms with E-state index in [1.54, 1.807) is 29.6 Å². The van der Waals surface area contributed by atoms with Gasteiger partial charge in [-0.15, -0.1) is 0 Å². The molecule has 0 saturated carbocycles. The Labute approximate surface area is 121 Å².